The predicted molar refractivity (Wildman–Crippen MR) is 86.7 cm³/mol. The maximum atomic E-state index is 4.67. The third kappa shape index (κ3) is 3.48. The quantitative estimate of drug-likeness (QED) is 0.681. The molecule has 0 amide bonds. The number of hydrogen-bond acceptors (Lipinski definition) is 6. The normalized spacial score (nSPS) is 23.5. The summed E-state index contributed by atoms with van der Waals surface area (Å²) < 4.78 is 0. The summed E-state index contributed by atoms with van der Waals surface area (Å²) >= 11 is 3.64. The summed E-state index contributed by atoms with van der Waals surface area (Å²) in [6.07, 6.45) is 2.02. The summed E-state index contributed by atoms with van der Waals surface area (Å²) in [5, 5.41) is 4.77. The van der Waals surface area contributed by atoms with Crippen molar-refractivity contribution in [2.45, 2.75) is 37.2 Å². The average Bonchev–Trinajstić information content (AvgIpc) is 2.42. The lowest BCUT2D eigenvalue weighted by molar-refractivity contribution is 0.616. The second-order valence-corrected chi connectivity index (χ2v) is 6.90. The van der Waals surface area contributed by atoms with E-state index in [9.17, 15) is 0 Å². The van der Waals surface area contributed by atoms with Gasteiger partial charge in [0.1, 0.15) is 11.6 Å². The lowest BCUT2D eigenvalue weighted by Gasteiger charge is -2.38. The number of nitrogens with zero attached hydrogens (tertiary/aromatic N) is 3. The molecule has 1 fully saturated rings. The summed E-state index contributed by atoms with van der Waals surface area (Å²) in [7, 11) is 0. The highest BCUT2D eigenvalue weighted by Crippen LogP contribution is 2.29. The topological polar surface area (TPSA) is 41.0 Å². The van der Waals surface area contributed by atoms with Gasteiger partial charge >= 0.3 is 0 Å². The summed E-state index contributed by atoms with van der Waals surface area (Å²) in [6.45, 7) is 8.61. The molecule has 2 rings (SSSR count). The highest BCUT2D eigenvalue weighted by molar-refractivity contribution is 8.00. The van der Waals surface area contributed by atoms with E-state index in [4.69, 9.17) is 0 Å². The Hall–Kier alpha value is -0.620. The molecule has 2 heterocycles. The third-order valence-electron chi connectivity index (χ3n) is 3.41. The zero-order valence-corrected chi connectivity index (χ0v) is 13.6. The molecule has 0 saturated carbocycles. The standard InChI is InChI=1S/C13H22N4S2/c1-5-14-11-8-12(16-13(15-11)18-4)17-6-7-19-10(3)9(17)2/h8-10H,5-7H2,1-4H3,(H,14,15,16). The molecule has 1 aliphatic rings. The van der Waals surface area contributed by atoms with Crippen molar-refractivity contribution in [2.75, 3.05) is 35.3 Å². The molecule has 1 aromatic rings. The second-order valence-electron chi connectivity index (χ2n) is 4.64. The van der Waals surface area contributed by atoms with Crippen LogP contribution < -0.4 is 10.2 Å². The first-order valence-electron chi connectivity index (χ1n) is 6.71. The molecule has 0 radical (unpaired) electrons. The van der Waals surface area contributed by atoms with E-state index in [0.717, 1.165) is 29.9 Å². The van der Waals surface area contributed by atoms with Gasteiger partial charge in [-0.3, -0.25) is 0 Å². The summed E-state index contributed by atoms with van der Waals surface area (Å²) in [5.74, 6) is 3.14. The highest BCUT2D eigenvalue weighted by atomic mass is 32.2. The van der Waals surface area contributed by atoms with Crippen LogP contribution in [0, 0.1) is 0 Å². The van der Waals surface area contributed by atoms with Crippen LogP contribution in [0.1, 0.15) is 20.8 Å². The molecule has 106 valence electrons. The SMILES string of the molecule is CCNc1cc(N2CCSC(C)C2C)nc(SC)n1. The second kappa shape index (κ2) is 6.70. The van der Waals surface area contributed by atoms with E-state index in [1.807, 2.05) is 18.0 Å². The molecular formula is C13H22N4S2. The number of nitrogens with one attached hydrogen (secondary N) is 1. The lowest BCUT2D eigenvalue weighted by atomic mass is 10.2. The van der Waals surface area contributed by atoms with Crippen molar-refractivity contribution in [1.29, 1.82) is 0 Å². The van der Waals surface area contributed by atoms with Gasteiger partial charge in [0.05, 0.1) is 0 Å². The van der Waals surface area contributed by atoms with E-state index in [2.05, 4.69) is 47.0 Å². The predicted octanol–water partition coefficient (Wildman–Crippen LogP) is 2.96. The van der Waals surface area contributed by atoms with E-state index in [-0.39, 0.29) is 0 Å². The maximum absolute atomic E-state index is 4.67. The van der Waals surface area contributed by atoms with Gasteiger partial charge in [0.25, 0.3) is 0 Å². The van der Waals surface area contributed by atoms with Crippen molar-refractivity contribution >= 4 is 35.2 Å². The molecule has 2 atom stereocenters. The van der Waals surface area contributed by atoms with E-state index >= 15 is 0 Å². The smallest absolute Gasteiger partial charge is 0.191 e. The number of thioether (sulfide) groups is 2. The third-order valence-corrected chi connectivity index (χ3v) is 5.30. The minimum Gasteiger partial charge on any atom is -0.370 e. The Balaban J connectivity index is 2.29. The maximum Gasteiger partial charge on any atom is 0.191 e. The molecule has 1 saturated heterocycles. The van der Waals surface area contributed by atoms with Gasteiger partial charge in [-0.25, -0.2) is 9.97 Å². The zero-order chi connectivity index (χ0) is 13.8. The molecule has 2 unspecified atom stereocenters. The van der Waals surface area contributed by atoms with E-state index in [0.29, 0.717) is 11.3 Å². The van der Waals surface area contributed by atoms with Gasteiger partial charge in [-0.15, -0.1) is 0 Å². The molecule has 0 bridgehead atoms. The van der Waals surface area contributed by atoms with Gasteiger partial charge in [0, 0.05) is 36.2 Å². The van der Waals surface area contributed by atoms with E-state index < -0.39 is 0 Å². The Kier molecular flexibility index (Phi) is 5.21. The van der Waals surface area contributed by atoms with E-state index in [1.54, 1.807) is 11.8 Å². The monoisotopic (exact) mass is 298 g/mol. The minimum absolute atomic E-state index is 0.512. The Morgan fingerprint density at radius 1 is 1.47 bits per heavy atom. The van der Waals surface area contributed by atoms with Crippen molar-refractivity contribution in [3.05, 3.63) is 6.07 Å². The van der Waals surface area contributed by atoms with Gasteiger partial charge in [0.2, 0.25) is 0 Å². The molecular weight excluding hydrogens is 276 g/mol. The van der Waals surface area contributed by atoms with Crippen molar-refractivity contribution in [3.8, 4) is 0 Å². The molecule has 0 spiro atoms. The summed E-state index contributed by atoms with van der Waals surface area (Å²) in [4.78, 5) is 11.6. The first-order valence-corrected chi connectivity index (χ1v) is 8.98. The molecule has 19 heavy (non-hydrogen) atoms. The lowest BCUT2D eigenvalue weighted by Crippen LogP contribution is -2.45. The molecule has 0 aliphatic carbocycles. The number of hydrogen-bond donors (Lipinski definition) is 1. The van der Waals surface area contributed by atoms with Crippen LogP contribution in [0.25, 0.3) is 0 Å². The van der Waals surface area contributed by atoms with Gasteiger partial charge in [0.15, 0.2) is 5.16 Å². The number of anilines is 2. The van der Waals surface area contributed by atoms with Crippen molar-refractivity contribution in [3.63, 3.8) is 0 Å². The van der Waals surface area contributed by atoms with Crippen LogP contribution >= 0.6 is 23.5 Å². The van der Waals surface area contributed by atoms with Crippen LogP contribution in [0.4, 0.5) is 11.6 Å². The molecule has 1 N–H and O–H groups in total. The van der Waals surface area contributed by atoms with Gasteiger partial charge < -0.3 is 10.2 Å². The Morgan fingerprint density at radius 3 is 2.95 bits per heavy atom. The van der Waals surface area contributed by atoms with Gasteiger partial charge in [-0.05, 0) is 20.1 Å². The number of rotatable bonds is 4. The van der Waals surface area contributed by atoms with Gasteiger partial charge in [-0.2, -0.15) is 11.8 Å². The summed E-state index contributed by atoms with van der Waals surface area (Å²) in [5.41, 5.74) is 0. The first kappa shape index (κ1) is 14.8. The van der Waals surface area contributed by atoms with Crippen LogP contribution in [0.15, 0.2) is 11.2 Å². The first-order chi connectivity index (χ1) is 9.15. The molecule has 4 nitrogen and oxygen atoms in total. The zero-order valence-electron chi connectivity index (χ0n) is 12.0. The molecule has 1 aromatic heterocycles. The Bertz CT molecular complexity index is 427. The molecule has 0 aromatic carbocycles. The van der Waals surface area contributed by atoms with Crippen LogP contribution in [-0.2, 0) is 0 Å². The van der Waals surface area contributed by atoms with Crippen molar-refractivity contribution < 1.29 is 0 Å². The summed E-state index contributed by atoms with van der Waals surface area (Å²) in [6, 6.07) is 2.58. The fourth-order valence-corrected chi connectivity index (χ4v) is 3.65. The van der Waals surface area contributed by atoms with Gasteiger partial charge in [-0.1, -0.05) is 18.7 Å². The molecule has 1 aliphatic heterocycles. The fourth-order valence-electron chi connectivity index (χ4n) is 2.18. The largest absolute Gasteiger partial charge is 0.370 e. The highest BCUT2D eigenvalue weighted by Gasteiger charge is 2.26. The molecule has 6 heteroatoms. The van der Waals surface area contributed by atoms with E-state index in [1.165, 1.54) is 5.75 Å². The van der Waals surface area contributed by atoms with Crippen LogP contribution in [-0.4, -0.2) is 46.4 Å². The fraction of sp³-hybridized carbons (Fsp3) is 0.692. The van der Waals surface area contributed by atoms with Crippen LogP contribution in [0.3, 0.4) is 0 Å². The Labute approximate surface area is 124 Å². The van der Waals surface area contributed by atoms with Crippen LogP contribution in [0.2, 0.25) is 0 Å². The minimum atomic E-state index is 0.512. The van der Waals surface area contributed by atoms with Crippen molar-refractivity contribution in [1.82, 2.24) is 9.97 Å². The van der Waals surface area contributed by atoms with Crippen LogP contribution in [0.5, 0.6) is 0 Å². The van der Waals surface area contributed by atoms with Crippen molar-refractivity contribution in [2.24, 2.45) is 0 Å². The number of aromatic nitrogens is 2. The Morgan fingerprint density at radius 2 is 2.26 bits per heavy atom. The average molecular weight is 298 g/mol.